The molecule has 32 heavy (non-hydrogen) atoms. The van der Waals surface area contributed by atoms with Gasteiger partial charge in [0.25, 0.3) is 12.3 Å². The van der Waals surface area contributed by atoms with E-state index in [0.29, 0.717) is 28.2 Å². The SMILES string of the molecule is CC(=O)N(CC(F)F)c1ccc(-c2ccc(C(=O)NCc3ccc(N)cn3)cn2)cc1Cl. The fraction of sp³-hybridized carbons (Fsp3) is 0.182. The van der Waals surface area contributed by atoms with Crippen LogP contribution in [0.5, 0.6) is 0 Å². The van der Waals surface area contributed by atoms with Crippen molar-refractivity contribution in [2.24, 2.45) is 0 Å². The largest absolute Gasteiger partial charge is 0.397 e. The summed E-state index contributed by atoms with van der Waals surface area (Å²) in [6.07, 6.45) is 0.240. The summed E-state index contributed by atoms with van der Waals surface area (Å²) in [6, 6.07) is 11.3. The number of nitrogens with zero attached hydrogens (tertiary/aromatic N) is 3. The van der Waals surface area contributed by atoms with Gasteiger partial charge in [-0.25, -0.2) is 8.78 Å². The van der Waals surface area contributed by atoms with Gasteiger partial charge in [0.15, 0.2) is 0 Å². The van der Waals surface area contributed by atoms with Gasteiger partial charge in [0.05, 0.1) is 52.6 Å². The third-order valence-corrected chi connectivity index (χ3v) is 4.84. The summed E-state index contributed by atoms with van der Waals surface area (Å²) in [7, 11) is 0. The van der Waals surface area contributed by atoms with Crippen molar-refractivity contribution >= 4 is 34.8 Å². The first kappa shape index (κ1) is 23.1. The molecular weight excluding hydrogens is 440 g/mol. The van der Waals surface area contributed by atoms with Gasteiger partial charge < -0.3 is 16.0 Å². The number of carbonyl (C=O) groups excluding carboxylic acids is 2. The molecule has 0 saturated carbocycles. The number of aromatic nitrogens is 2. The van der Waals surface area contributed by atoms with Crippen molar-refractivity contribution in [3.8, 4) is 11.3 Å². The molecule has 3 rings (SSSR count). The highest BCUT2D eigenvalue weighted by Crippen LogP contribution is 2.31. The monoisotopic (exact) mass is 459 g/mol. The second-order valence-electron chi connectivity index (χ2n) is 6.88. The van der Waals surface area contributed by atoms with Crippen LogP contribution >= 0.6 is 11.6 Å². The first-order valence-electron chi connectivity index (χ1n) is 9.55. The van der Waals surface area contributed by atoms with Crippen molar-refractivity contribution in [2.45, 2.75) is 19.9 Å². The van der Waals surface area contributed by atoms with Crippen LogP contribution in [-0.4, -0.2) is 34.8 Å². The molecule has 0 aliphatic carbocycles. The zero-order valence-corrected chi connectivity index (χ0v) is 17.8. The minimum atomic E-state index is -2.69. The third-order valence-electron chi connectivity index (χ3n) is 4.54. The second-order valence-corrected chi connectivity index (χ2v) is 7.29. The first-order valence-corrected chi connectivity index (χ1v) is 9.93. The summed E-state index contributed by atoms with van der Waals surface area (Å²) in [5.74, 6) is -0.859. The lowest BCUT2D eigenvalue weighted by atomic mass is 10.1. The summed E-state index contributed by atoms with van der Waals surface area (Å²) < 4.78 is 25.6. The fourth-order valence-corrected chi connectivity index (χ4v) is 3.21. The smallest absolute Gasteiger partial charge is 0.256 e. The van der Waals surface area contributed by atoms with Gasteiger partial charge in [-0.05, 0) is 36.4 Å². The molecule has 0 unspecified atom stereocenters. The van der Waals surface area contributed by atoms with E-state index in [1.807, 2.05) is 0 Å². The minimum Gasteiger partial charge on any atom is -0.397 e. The van der Waals surface area contributed by atoms with Gasteiger partial charge in [-0.15, -0.1) is 0 Å². The number of alkyl halides is 2. The Balaban J connectivity index is 1.71. The lowest BCUT2D eigenvalue weighted by Crippen LogP contribution is -2.33. The maximum Gasteiger partial charge on any atom is 0.256 e. The molecule has 2 heterocycles. The van der Waals surface area contributed by atoms with Crippen LogP contribution in [0.4, 0.5) is 20.2 Å². The van der Waals surface area contributed by atoms with Gasteiger partial charge in [-0.2, -0.15) is 0 Å². The standard InChI is InChI=1S/C22H20ClF2N5O2/c1-13(31)30(12-21(24)25)20-7-3-14(8-18(20)23)19-6-2-15(9-28-19)22(32)29-11-17-5-4-16(26)10-27-17/h2-10,21H,11-12,26H2,1H3,(H,29,32). The van der Waals surface area contributed by atoms with Gasteiger partial charge in [0.2, 0.25) is 5.91 Å². The van der Waals surface area contributed by atoms with Gasteiger partial charge in [-0.1, -0.05) is 17.7 Å². The molecule has 3 N–H and O–H groups in total. The predicted molar refractivity (Wildman–Crippen MR) is 119 cm³/mol. The van der Waals surface area contributed by atoms with Crippen LogP contribution in [0.15, 0.2) is 54.9 Å². The Morgan fingerprint density at radius 2 is 1.91 bits per heavy atom. The fourth-order valence-electron chi connectivity index (χ4n) is 2.93. The van der Waals surface area contributed by atoms with Crippen LogP contribution in [0.25, 0.3) is 11.3 Å². The van der Waals surface area contributed by atoms with Crippen molar-refractivity contribution < 1.29 is 18.4 Å². The Labute approximate surface area is 188 Å². The van der Waals surface area contributed by atoms with Crippen LogP contribution in [-0.2, 0) is 11.3 Å². The quantitative estimate of drug-likeness (QED) is 0.557. The number of hydrogen-bond donors (Lipinski definition) is 2. The number of rotatable bonds is 7. The molecule has 0 spiro atoms. The van der Waals surface area contributed by atoms with Gasteiger partial charge in [-0.3, -0.25) is 19.6 Å². The van der Waals surface area contributed by atoms with Crippen molar-refractivity contribution in [1.82, 2.24) is 15.3 Å². The highest BCUT2D eigenvalue weighted by molar-refractivity contribution is 6.34. The number of anilines is 2. The number of nitrogens with two attached hydrogens (primary N) is 1. The molecule has 0 atom stereocenters. The molecule has 0 bridgehead atoms. The summed E-state index contributed by atoms with van der Waals surface area (Å²) >= 11 is 6.25. The summed E-state index contributed by atoms with van der Waals surface area (Å²) in [6.45, 7) is 0.687. The van der Waals surface area contributed by atoms with Crippen LogP contribution in [0.2, 0.25) is 5.02 Å². The first-order chi connectivity index (χ1) is 15.2. The van der Waals surface area contributed by atoms with Crippen LogP contribution < -0.4 is 16.0 Å². The molecule has 10 heteroatoms. The number of benzene rings is 1. The highest BCUT2D eigenvalue weighted by atomic mass is 35.5. The Hall–Kier alpha value is -3.59. The maximum absolute atomic E-state index is 12.8. The molecule has 0 saturated heterocycles. The number of carbonyl (C=O) groups is 2. The molecule has 2 amide bonds. The molecule has 3 aromatic rings. The van der Waals surface area contributed by atoms with Crippen molar-refractivity contribution in [3.05, 3.63) is 71.1 Å². The van der Waals surface area contributed by atoms with Gasteiger partial charge >= 0.3 is 0 Å². The minimum absolute atomic E-state index is 0.137. The lowest BCUT2D eigenvalue weighted by Gasteiger charge is -2.22. The molecule has 0 aliphatic rings. The summed E-state index contributed by atoms with van der Waals surface area (Å²) in [5.41, 5.74) is 8.47. The number of amides is 2. The normalized spacial score (nSPS) is 10.8. The third kappa shape index (κ3) is 5.76. The molecule has 1 aromatic carbocycles. The van der Waals surface area contributed by atoms with Crippen molar-refractivity contribution in [3.63, 3.8) is 0 Å². The topological polar surface area (TPSA) is 101 Å². The van der Waals surface area contributed by atoms with E-state index in [1.165, 1.54) is 31.5 Å². The van der Waals surface area contributed by atoms with E-state index in [-0.39, 0.29) is 23.2 Å². The van der Waals surface area contributed by atoms with Crippen molar-refractivity contribution in [2.75, 3.05) is 17.2 Å². The highest BCUT2D eigenvalue weighted by Gasteiger charge is 2.20. The zero-order valence-electron chi connectivity index (χ0n) is 17.1. The Kier molecular flexibility index (Phi) is 7.32. The average molecular weight is 460 g/mol. The van der Waals surface area contributed by atoms with E-state index in [1.54, 1.807) is 30.3 Å². The molecule has 7 nitrogen and oxygen atoms in total. The summed E-state index contributed by atoms with van der Waals surface area (Å²) in [4.78, 5) is 33.4. The molecule has 0 aliphatic heterocycles. The van der Waals surface area contributed by atoms with E-state index >= 15 is 0 Å². The second kappa shape index (κ2) is 10.1. The van der Waals surface area contributed by atoms with Gasteiger partial charge in [0.1, 0.15) is 0 Å². The van der Waals surface area contributed by atoms with E-state index < -0.39 is 18.9 Å². The lowest BCUT2D eigenvalue weighted by molar-refractivity contribution is -0.117. The predicted octanol–water partition coefficient (Wildman–Crippen LogP) is 3.93. The van der Waals surface area contributed by atoms with Crippen LogP contribution in [0.3, 0.4) is 0 Å². The van der Waals surface area contributed by atoms with Crippen molar-refractivity contribution in [1.29, 1.82) is 0 Å². The van der Waals surface area contributed by atoms with E-state index in [2.05, 4.69) is 15.3 Å². The Bertz CT molecular complexity index is 1110. The van der Waals surface area contributed by atoms with E-state index in [0.717, 1.165) is 4.90 Å². The Morgan fingerprint density at radius 3 is 2.47 bits per heavy atom. The maximum atomic E-state index is 12.8. The molecular formula is C22H20ClF2N5O2. The number of halogens is 3. The molecule has 166 valence electrons. The van der Waals surface area contributed by atoms with Gasteiger partial charge in [0, 0.05) is 18.7 Å². The van der Waals surface area contributed by atoms with Crippen LogP contribution in [0.1, 0.15) is 23.0 Å². The van der Waals surface area contributed by atoms with Crippen LogP contribution in [0, 0.1) is 0 Å². The number of nitrogen functional groups attached to an aromatic ring is 1. The zero-order chi connectivity index (χ0) is 23.3. The molecule has 2 aromatic heterocycles. The number of pyridine rings is 2. The number of hydrogen-bond acceptors (Lipinski definition) is 5. The summed E-state index contributed by atoms with van der Waals surface area (Å²) in [5, 5.41) is 2.88. The van der Waals surface area contributed by atoms with E-state index in [4.69, 9.17) is 17.3 Å². The molecule has 0 radical (unpaired) electrons. The Morgan fingerprint density at radius 1 is 1.12 bits per heavy atom. The number of nitrogens with one attached hydrogen (secondary N) is 1. The average Bonchev–Trinajstić information content (AvgIpc) is 2.77. The van der Waals surface area contributed by atoms with E-state index in [9.17, 15) is 18.4 Å². The molecule has 0 fully saturated rings.